The SMILES string of the molecule is C#CC1(OC(N)=O)CCCC(O)C1. The topological polar surface area (TPSA) is 72.5 Å². The van der Waals surface area contributed by atoms with Crippen LogP contribution in [0.15, 0.2) is 0 Å². The number of carbonyl (C=O) groups excluding carboxylic acids is 1. The average Bonchev–Trinajstić information content (AvgIpc) is 2.03. The van der Waals surface area contributed by atoms with E-state index in [0.29, 0.717) is 12.8 Å². The van der Waals surface area contributed by atoms with Crippen LogP contribution in [0.4, 0.5) is 4.79 Å². The van der Waals surface area contributed by atoms with Crippen molar-refractivity contribution in [2.45, 2.75) is 37.4 Å². The number of nitrogens with two attached hydrogens (primary N) is 1. The Morgan fingerprint density at radius 2 is 2.46 bits per heavy atom. The standard InChI is InChI=1S/C9H13NO3/c1-2-9(13-8(10)12)5-3-4-7(11)6-9/h1,7,11H,3-6H2,(H2,10,12). The number of ether oxygens (including phenoxy) is 1. The maximum absolute atomic E-state index is 10.6. The summed E-state index contributed by atoms with van der Waals surface area (Å²) < 4.78 is 4.84. The van der Waals surface area contributed by atoms with Gasteiger partial charge < -0.3 is 15.6 Å². The van der Waals surface area contributed by atoms with Crippen LogP contribution in [0.1, 0.15) is 25.7 Å². The molecular formula is C9H13NO3. The van der Waals surface area contributed by atoms with Gasteiger partial charge in [-0.2, -0.15) is 0 Å². The van der Waals surface area contributed by atoms with Gasteiger partial charge in [0.2, 0.25) is 0 Å². The van der Waals surface area contributed by atoms with Crippen molar-refractivity contribution in [3.05, 3.63) is 0 Å². The van der Waals surface area contributed by atoms with Crippen molar-refractivity contribution < 1.29 is 14.6 Å². The predicted molar refractivity (Wildman–Crippen MR) is 46.7 cm³/mol. The summed E-state index contributed by atoms with van der Waals surface area (Å²) >= 11 is 0. The first-order valence-corrected chi connectivity index (χ1v) is 4.22. The summed E-state index contributed by atoms with van der Waals surface area (Å²) in [6.07, 6.45) is 6.18. The molecule has 0 aromatic carbocycles. The van der Waals surface area contributed by atoms with E-state index < -0.39 is 17.8 Å². The summed E-state index contributed by atoms with van der Waals surface area (Å²) in [6, 6.07) is 0. The number of hydrogen-bond acceptors (Lipinski definition) is 3. The molecule has 0 spiro atoms. The van der Waals surface area contributed by atoms with Crippen molar-refractivity contribution in [1.29, 1.82) is 0 Å². The van der Waals surface area contributed by atoms with Crippen LogP contribution in [-0.4, -0.2) is 22.9 Å². The molecule has 0 heterocycles. The molecule has 1 fully saturated rings. The summed E-state index contributed by atoms with van der Waals surface area (Å²) in [5, 5.41) is 9.36. The molecule has 1 aliphatic rings. The lowest BCUT2D eigenvalue weighted by atomic mass is 9.83. The van der Waals surface area contributed by atoms with E-state index in [1.165, 1.54) is 0 Å². The lowest BCUT2D eigenvalue weighted by Crippen LogP contribution is -2.41. The Morgan fingerprint density at radius 1 is 1.77 bits per heavy atom. The molecule has 1 rings (SSSR count). The summed E-state index contributed by atoms with van der Waals surface area (Å²) in [5.41, 5.74) is 3.91. The number of terminal acetylenes is 1. The van der Waals surface area contributed by atoms with Gasteiger partial charge in [-0.3, -0.25) is 0 Å². The lowest BCUT2D eigenvalue weighted by molar-refractivity contribution is -0.0144. The largest absolute Gasteiger partial charge is 0.430 e. The highest BCUT2D eigenvalue weighted by Gasteiger charge is 2.37. The van der Waals surface area contributed by atoms with E-state index in [1.807, 2.05) is 0 Å². The third kappa shape index (κ3) is 2.36. The fourth-order valence-corrected chi connectivity index (χ4v) is 1.65. The number of aliphatic hydroxyl groups excluding tert-OH is 1. The van der Waals surface area contributed by atoms with Crippen LogP contribution in [0.5, 0.6) is 0 Å². The molecule has 13 heavy (non-hydrogen) atoms. The number of rotatable bonds is 1. The van der Waals surface area contributed by atoms with Gasteiger partial charge in [0, 0.05) is 6.42 Å². The van der Waals surface area contributed by atoms with Crippen molar-refractivity contribution in [2.24, 2.45) is 5.73 Å². The predicted octanol–water partition coefficient (Wildman–Crippen LogP) is 0.389. The van der Waals surface area contributed by atoms with E-state index in [4.69, 9.17) is 16.9 Å². The van der Waals surface area contributed by atoms with E-state index in [1.54, 1.807) is 0 Å². The summed E-state index contributed by atoms with van der Waals surface area (Å²) in [6.45, 7) is 0. The molecule has 3 N–H and O–H groups in total. The number of amides is 1. The molecule has 2 unspecified atom stereocenters. The number of primary amides is 1. The first kappa shape index (κ1) is 9.87. The Hall–Kier alpha value is -1.21. The van der Waals surface area contributed by atoms with E-state index in [0.717, 1.165) is 6.42 Å². The molecule has 2 atom stereocenters. The maximum atomic E-state index is 10.6. The number of hydrogen-bond donors (Lipinski definition) is 2. The molecule has 0 aliphatic heterocycles. The Kier molecular flexibility index (Phi) is 2.79. The van der Waals surface area contributed by atoms with Crippen molar-refractivity contribution in [3.63, 3.8) is 0 Å². The maximum Gasteiger partial charge on any atom is 0.406 e. The summed E-state index contributed by atoms with van der Waals surface area (Å²) in [5.74, 6) is 2.40. The van der Waals surface area contributed by atoms with Crippen LogP contribution in [0.25, 0.3) is 0 Å². The molecule has 0 aromatic heterocycles. The molecule has 1 saturated carbocycles. The minimum absolute atomic E-state index is 0.284. The Labute approximate surface area is 77.1 Å². The molecule has 4 heteroatoms. The monoisotopic (exact) mass is 183 g/mol. The zero-order valence-electron chi connectivity index (χ0n) is 7.32. The molecule has 1 amide bonds. The zero-order valence-corrected chi connectivity index (χ0v) is 7.32. The molecule has 0 aromatic rings. The zero-order chi connectivity index (χ0) is 9.90. The smallest absolute Gasteiger partial charge is 0.406 e. The summed E-state index contributed by atoms with van der Waals surface area (Å²) in [4.78, 5) is 10.6. The number of aliphatic hydroxyl groups is 1. The third-order valence-electron chi connectivity index (χ3n) is 2.24. The molecule has 0 radical (unpaired) electrons. The molecule has 72 valence electrons. The minimum atomic E-state index is -0.983. The van der Waals surface area contributed by atoms with Crippen LogP contribution in [0, 0.1) is 12.3 Å². The van der Waals surface area contributed by atoms with E-state index in [2.05, 4.69) is 5.92 Å². The number of carbonyl (C=O) groups is 1. The van der Waals surface area contributed by atoms with Crippen LogP contribution in [-0.2, 0) is 4.74 Å². The Morgan fingerprint density at radius 3 is 2.92 bits per heavy atom. The van der Waals surface area contributed by atoms with Gasteiger partial charge in [-0.15, -0.1) is 6.42 Å². The minimum Gasteiger partial charge on any atom is -0.430 e. The van der Waals surface area contributed by atoms with Gasteiger partial charge in [-0.25, -0.2) is 4.79 Å². The normalized spacial score (nSPS) is 33.4. The molecule has 0 saturated heterocycles. The van der Waals surface area contributed by atoms with E-state index in [9.17, 15) is 9.90 Å². The van der Waals surface area contributed by atoms with Crippen LogP contribution >= 0.6 is 0 Å². The van der Waals surface area contributed by atoms with Crippen molar-refractivity contribution in [1.82, 2.24) is 0 Å². The lowest BCUT2D eigenvalue weighted by Gasteiger charge is -2.33. The molecule has 4 nitrogen and oxygen atoms in total. The highest BCUT2D eigenvalue weighted by atomic mass is 16.6. The first-order valence-electron chi connectivity index (χ1n) is 4.22. The van der Waals surface area contributed by atoms with Gasteiger partial charge in [0.15, 0.2) is 5.60 Å². The van der Waals surface area contributed by atoms with Gasteiger partial charge in [-0.1, -0.05) is 5.92 Å². The quantitative estimate of drug-likeness (QED) is 0.577. The van der Waals surface area contributed by atoms with E-state index in [-0.39, 0.29) is 6.42 Å². The van der Waals surface area contributed by atoms with Gasteiger partial charge in [0.25, 0.3) is 0 Å². The van der Waals surface area contributed by atoms with Gasteiger partial charge in [-0.05, 0) is 19.3 Å². The van der Waals surface area contributed by atoms with Crippen LogP contribution in [0.2, 0.25) is 0 Å². The fraction of sp³-hybridized carbons (Fsp3) is 0.667. The Balaban J connectivity index is 2.69. The second-order valence-corrected chi connectivity index (χ2v) is 3.31. The summed E-state index contributed by atoms with van der Waals surface area (Å²) in [7, 11) is 0. The molecule has 1 aliphatic carbocycles. The highest BCUT2D eigenvalue weighted by Crippen LogP contribution is 2.31. The third-order valence-corrected chi connectivity index (χ3v) is 2.24. The average molecular weight is 183 g/mol. The second kappa shape index (κ2) is 3.67. The fourth-order valence-electron chi connectivity index (χ4n) is 1.65. The first-order chi connectivity index (χ1) is 6.08. The molecule has 0 bridgehead atoms. The molecular weight excluding hydrogens is 170 g/mol. The Bertz CT molecular complexity index is 246. The van der Waals surface area contributed by atoms with E-state index >= 15 is 0 Å². The van der Waals surface area contributed by atoms with Gasteiger partial charge in [0.1, 0.15) is 0 Å². The second-order valence-electron chi connectivity index (χ2n) is 3.31. The van der Waals surface area contributed by atoms with Crippen molar-refractivity contribution in [2.75, 3.05) is 0 Å². The van der Waals surface area contributed by atoms with Gasteiger partial charge in [0.05, 0.1) is 6.10 Å². The van der Waals surface area contributed by atoms with Crippen molar-refractivity contribution in [3.8, 4) is 12.3 Å². The van der Waals surface area contributed by atoms with Crippen LogP contribution in [0.3, 0.4) is 0 Å². The highest BCUT2D eigenvalue weighted by molar-refractivity contribution is 5.65. The van der Waals surface area contributed by atoms with Gasteiger partial charge >= 0.3 is 6.09 Å². The van der Waals surface area contributed by atoms with Crippen LogP contribution < -0.4 is 5.73 Å². The van der Waals surface area contributed by atoms with Crippen molar-refractivity contribution >= 4 is 6.09 Å².